The molecule has 7 heteroatoms. The van der Waals surface area contributed by atoms with Gasteiger partial charge in [0.1, 0.15) is 18.8 Å². The van der Waals surface area contributed by atoms with Crippen LogP contribution < -0.4 is 25.8 Å². The number of nitrogens with one attached hydrogen (secondary N) is 2. The van der Waals surface area contributed by atoms with E-state index in [-0.39, 0.29) is 6.54 Å². The molecule has 0 saturated carbocycles. The zero-order chi connectivity index (χ0) is 14.2. The van der Waals surface area contributed by atoms with Gasteiger partial charge in [0.25, 0.3) is 5.91 Å². The largest absolute Gasteiger partial charge is 0.486 e. The minimum absolute atomic E-state index is 0.266. The molecule has 1 aromatic rings. The van der Waals surface area contributed by atoms with Gasteiger partial charge in [-0.1, -0.05) is 6.07 Å². The normalized spacial score (nSPS) is 24.2. The van der Waals surface area contributed by atoms with Crippen molar-refractivity contribution in [3.05, 3.63) is 23.8 Å². The first kappa shape index (κ1) is 12.7. The fourth-order valence-corrected chi connectivity index (χ4v) is 2.54. The molecule has 2 aliphatic rings. The number of benzene rings is 1. The third-order valence-electron chi connectivity index (χ3n) is 3.50. The van der Waals surface area contributed by atoms with Gasteiger partial charge in [-0.2, -0.15) is 0 Å². The molecule has 1 atom stereocenters. The van der Waals surface area contributed by atoms with E-state index in [0.29, 0.717) is 36.7 Å². The van der Waals surface area contributed by atoms with Gasteiger partial charge < -0.3 is 20.5 Å². The lowest BCUT2D eigenvalue weighted by Gasteiger charge is -2.27. The molecular weight excluding hydrogens is 262 g/mol. The average Bonchev–Trinajstić information content (AvgIpc) is 2.74. The molecule has 3 amide bonds. The Labute approximate surface area is 115 Å². The van der Waals surface area contributed by atoms with Gasteiger partial charge in [0.15, 0.2) is 11.5 Å². The van der Waals surface area contributed by atoms with Crippen LogP contribution in [0.3, 0.4) is 0 Å². The summed E-state index contributed by atoms with van der Waals surface area (Å²) in [6, 6.07) is 4.68. The topological polar surface area (TPSA) is 103 Å². The lowest BCUT2D eigenvalue weighted by atomic mass is 9.86. The summed E-state index contributed by atoms with van der Waals surface area (Å²) in [7, 11) is 0. The number of hydrogen-bond acceptors (Lipinski definition) is 5. The Kier molecular flexibility index (Phi) is 2.98. The first-order chi connectivity index (χ1) is 9.65. The first-order valence-corrected chi connectivity index (χ1v) is 6.39. The predicted octanol–water partition coefficient (Wildman–Crippen LogP) is -0.159. The van der Waals surface area contributed by atoms with Crippen LogP contribution in [-0.2, 0) is 10.3 Å². The maximum atomic E-state index is 12.1. The highest BCUT2D eigenvalue weighted by Crippen LogP contribution is 2.36. The van der Waals surface area contributed by atoms with Crippen molar-refractivity contribution in [1.29, 1.82) is 0 Å². The average molecular weight is 277 g/mol. The van der Waals surface area contributed by atoms with Gasteiger partial charge >= 0.3 is 6.03 Å². The van der Waals surface area contributed by atoms with E-state index < -0.39 is 17.5 Å². The maximum absolute atomic E-state index is 12.1. The molecule has 3 rings (SSSR count). The van der Waals surface area contributed by atoms with E-state index in [0.717, 1.165) is 0 Å². The van der Waals surface area contributed by atoms with Crippen molar-refractivity contribution in [3.8, 4) is 11.5 Å². The van der Waals surface area contributed by atoms with Gasteiger partial charge in [-0.15, -0.1) is 0 Å². The Balaban J connectivity index is 2.04. The molecule has 1 aromatic carbocycles. The lowest BCUT2D eigenvalue weighted by molar-refractivity contribution is -0.124. The number of rotatable bonds is 3. The summed E-state index contributed by atoms with van der Waals surface area (Å²) in [4.78, 5) is 23.6. The molecule has 4 N–H and O–H groups in total. The number of urea groups is 1. The Hall–Kier alpha value is -2.28. The summed E-state index contributed by atoms with van der Waals surface area (Å²) in [5, 5.41) is 4.92. The standard InChI is InChI=1S/C13H15N3O4/c14-4-3-13(11(17)15-12(18)16-13)8-1-2-9-10(7-8)20-6-5-19-9/h1-2,7H,3-6,14H2,(H2,15,16,17,18). The zero-order valence-electron chi connectivity index (χ0n) is 10.8. The molecule has 2 aliphatic heterocycles. The van der Waals surface area contributed by atoms with Gasteiger partial charge in [-0.25, -0.2) is 4.79 Å². The minimum Gasteiger partial charge on any atom is -0.486 e. The molecule has 20 heavy (non-hydrogen) atoms. The van der Waals surface area contributed by atoms with Crippen LogP contribution in [-0.4, -0.2) is 31.7 Å². The summed E-state index contributed by atoms with van der Waals surface area (Å²) >= 11 is 0. The van der Waals surface area contributed by atoms with E-state index >= 15 is 0 Å². The summed E-state index contributed by atoms with van der Waals surface area (Å²) in [6.45, 7) is 1.22. The molecule has 1 fully saturated rings. The van der Waals surface area contributed by atoms with Crippen molar-refractivity contribution >= 4 is 11.9 Å². The number of amides is 3. The third kappa shape index (κ3) is 1.87. The van der Waals surface area contributed by atoms with Gasteiger partial charge in [0, 0.05) is 0 Å². The highest BCUT2D eigenvalue weighted by atomic mass is 16.6. The summed E-state index contributed by atoms with van der Waals surface area (Å²) < 4.78 is 11.0. The van der Waals surface area contributed by atoms with E-state index in [1.165, 1.54) is 0 Å². The Morgan fingerprint density at radius 3 is 2.60 bits per heavy atom. The van der Waals surface area contributed by atoms with Crippen LogP contribution in [0.15, 0.2) is 18.2 Å². The molecule has 0 radical (unpaired) electrons. The fraction of sp³-hybridized carbons (Fsp3) is 0.385. The Morgan fingerprint density at radius 1 is 1.20 bits per heavy atom. The molecule has 7 nitrogen and oxygen atoms in total. The molecular formula is C13H15N3O4. The molecule has 0 aromatic heterocycles. The summed E-state index contributed by atoms with van der Waals surface area (Å²) in [5.74, 6) is 0.802. The number of carbonyl (C=O) groups excluding carboxylic acids is 2. The molecule has 1 saturated heterocycles. The SMILES string of the molecule is NCCC1(c2ccc3c(c2)OCCO3)NC(=O)NC1=O. The van der Waals surface area contributed by atoms with Gasteiger partial charge in [0.05, 0.1) is 0 Å². The van der Waals surface area contributed by atoms with Gasteiger partial charge in [0.2, 0.25) is 0 Å². The number of nitrogens with two attached hydrogens (primary N) is 1. The van der Waals surface area contributed by atoms with E-state index in [9.17, 15) is 9.59 Å². The fourth-order valence-electron chi connectivity index (χ4n) is 2.54. The lowest BCUT2D eigenvalue weighted by Crippen LogP contribution is -2.45. The monoisotopic (exact) mass is 277 g/mol. The smallest absolute Gasteiger partial charge is 0.322 e. The second-order valence-corrected chi connectivity index (χ2v) is 4.71. The second kappa shape index (κ2) is 4.68. The quantitative estimate of drug-likeness (QED) is 0.666. The number of carbonyl (C=O) groups is 2. The molecule has 0 aliphatic carbocycles. The van der Waals surface area contributed by atoms with Crippen LogP contribution in [0.2, 0.25) is 0 Å². The van der Waals surface area contributed by atoms with Crippen molar-refractivity contribution in [2.24, 2.45) is 5.73 Å². The number of imide groups is 1. The molecule has 1 unspecified atom stereocenters. The van der Waals surface area contributed by atoms with E-state index in [2.05, 4.69) is 10.6 Å². The van der Waals surface area contributed by atoms with Crippen LogP contribution in [0.4, 0.5) is 4.79 Å². The van der Waals surface area contributed by atoms with Crippen molar-refractivity contribution in [1.82, 2.24) is 10.6 Å². The Morgan fingerprint density at radius 2 is 1.95 bits per heavy atom. The summed E-state index contributed by atoms with van der Waals surface area (Å²) in [6.07, 6.45) is 0.310. The van der Waals surface area contributed by atoms with Gasteiger partial charge in [-0.3, -0.25) is 10.1 Å². The zero-order valence-corrected chi connectivity index (χ0v) is 10.8. The van der Waals surface area contributed by atoms with Crippen molar-refractivity contribution in [2.75, 3.05) is 19.8 Å². The van der Waals surface area contributed by atoms with Crippen LogP contribution in [0.1, 0.15) is 12.0 Å². The molecule has 2 heterocycles. The maximum Gasteiger partial charge on any atom is 0.322 e. The minimum atomic E-state index is -1.14. The number of fused-ring (bicyclic) bond motifs is 1. The van der Waals surface area contributed by atoms with Crippen molar-refractivity contribution in [3.63, 3.8) is 0 Å². The highest BCUT2D eigenvalue weighted by molar-refractivity contribution is 6.07. The third-order valence-corrected chi connectivity index (χ3v) is 3.50. The van der Waals surface area contributed by atoms with E-state index in [1.807, 2.05) is 0 Å². The molecule has 106 valence electrons. The Bertz CT molecular complexity index is 575. The van der Waals surface area contributed by atoms with Crippen LogP contribution >= 0.6 is 0 Å². The number of ether oxygens (including phenoxy) is 2. The second-order valence-electron chi connectivity index (χ2n) is 4.71. The number of hydrogen-bond donors (Lipinski definition) is 3. The van der Waals surface area contributed by atoms with Crippen LogP contribution in [0.5, 0.6) is 11.5 Å². The van der Waals surface area contributed by atoms with E-state index in [4.69, 9.17) is 15.2 Å². The van der Waals surface area contributed by atoms with Crippen LogP contribution in [0, 0.1) is 0 Å². The van der Waals surface area contributed by atoms with Crippen molar-refractivity contribution in [2.45, 2.75) is 12.0 Å². The van der Waals surface area contributed by atoms with E-state index in [1.54, 1.807) is 18.2 Å². The first-order valence-electron chi connectivity index (χ1n) is 6.39. The predicted molar refractivity (Wildman–Crippen MR) is 69.5 cm³/mol. The van der Waals surface area contributed by atoms with Crippen molar-refractivity contribution < 1.29 is 19.1 Å². The highest BCUT2D eigenvalue weighted by Gasteiger charge is 2.47. The summed E-state index contributed by atoms with van der Waals surface area (Å²) in [5.41, 5.74) is 5.09. The van der Waals surface area contributed by atoms with Crippen LogP contribution in [0.25, 0.3) is 0 Å². The molecule has 0 spiro atoms. The van der Waals surface area contributed by atoms with Gasteiger partial charge in [-0.05, 0) is 30.7 Å². The molecule has 0 bridgehead atoms.